The number of ether oxygens (including phenoxy) is 1. The molecule has 1 unspecified atom stereocenters. The number of benzene rings is 1. The molecule has 2 fully saturated rings. The number of rotatable bonds is 6. The molecule has 2 heterocycles. The zero-order valence-electron chi connectivity index (χ0n) is 17.1. The number of guanidine groups is 1. The molecule has 0 spiro atoms. The minimum atomic E-state index is 0. The Bertz CT molecular complexity index is 808. The van der Waals surface area contributed by atoms with E-state index in [4.69, 9.17) is 9.73 Å². The van der Waals surface area contributed by atoms with Crippen LogP contribution in [-0.2, 0) is 11.8 Å². The molecule has 1 aliphatic heterocycles. The normalized spacial score (nSPS) is 20.8. The Morgan fingerprint density at radius 2 is 2.14 bits per heavy atom. The van der Waals surface area contributed by atoms with Gasteiger partial charge in [0.2, 0.25) is 0 Å². The van der Waals surface area contributed by atoms with Crippen molar-refractivity contribution in [1.82, 2.24) is 20.0 Å². The van der Waals surface area contributed by atoms with E-state index in [0.717, 1.165) is 37.7 Å². The van der Waals surface area contributed by atoms with E-state index in [0.29, 0.717) is 6.61 Å². The molecule has 29 heavy (non-hydrogen) atoms. The van der Waals surface area contributed by atoms with E-state index >= 15 is 0 Å². The van der Waals surface area contributed by atoms with Crippen molar-refractivity contribution in [2.45, 2.75) is 35.5 Å². The molecule has 1 atom stereocenters. The van der Waals surface area contributed by atoms with Crippen molar-refractivity contribution < 1.29 is 4.74 Å². The first-order chi connectivity index (χ1) is 13.7. The Morgan fingerprint density at radius 1 is 1.34 bits per heavy atom. The van der Waals surface area contributed by atoms with Crippen molar-refractivity contribution >= 4 is 41.7 Å². The highest BCUT2D eigenvalue weighted by Gasteiger charge is 2.43. The standard InChI is InChI=1S/C21H29N5OS.HI/c1-3-22-20(23-16-21(9-10-21)28-18-7-5-4-6-8-18)26-11-12-27-19(15-26)17-13-24-25(2)14-17;/h4-8,13-14,19H,3,9-12,15-16H2,1-2H3,(H,22,23);1H. The Hall–Kier alpha value is -1.26. The molecule has 1 aromatic carbocycles. The summed E-state index contributed by atoms with van der Waals surface area (Å²) in [6.07, 6.45) is 6.44. The van der Waals surface area contributed by atoms with Crippen molar-refractivity contribution in [3.8, 4) is 0 Å². The third-order valence-electron chi connectivity index (χ3n) is 5.20. The second-order valence-electron chi connectivity index (χ2n) is 7.52. The number of aromatic nitrogens is 2. The molecule has 0 radical (unpaired) electrons. The van der Waals surface area contributed by atoms with Crippen molar-refractivity contribution in [3.63, 3.8) is 0 Å². The summed E-state index contributed by atoms with van der Waals surface area (Å²) in [4.78, 5) is 8.70. The number of hydrogen-bond acceptors (Lipinski definition) is 4. The Morgan fingerprint density at radius 3 is 2.79 bits per heavy atom. The maximum atomic E-state index is 5.99. The van der Waals surface area contributed by atoms with Gasteiger partial charge in [0.25, 0.3) is 0 Å². The van der Waals surface area contributed by atoms with Crippen LogP contribution in [0.15, 0.2) is 52.6 Å². The number of hydrogen-bond donors (Lipinski definition) is 1. The molecule has 2 aliphatic rings. The molecule has 1 saturated carbocycles. The van der Waals surface area contributed by atoms with Crippen LogP contribution in [0.5, 0.6) is 0 Å². The Balaban J connectivity index is 0.00000240. The largest absolute Gasteiger partial charge is 0.370 e. The van der Waals surface area contributed by atoms with Crippen LogP contribution in [0.4, 0.5) is 0 Å². The predicted octanol–water partition coefficient (Wildman–Crippen LogP) is 3.70. The molecule has 8 heteroatoms. The van der Waals surface area contributed by atoms with Gasteiger partial charge in [-0.3, -0.25) is 9.67 Å². The van der Waals surface area contributed by atoms with E-state index in [-0.39, 0.29) is 34.8 Å². The van der Waals surface area contributed by atoms with E-state index in [1.165, 1.54) is 17.7 Å². The molecule has 1 aliphatic carbocycles. The summed E-state index contributed by atoms with van der Waals surface area (Å²) in [5, 5.41) is 7.77. The fourth-order valence-corrected chi connectivity index (χ4v) is 4.69. The number of aryl methyl sites for hydroxylation is 1. The summed E-state index contributed by atoms with van der Waals surface area (Å²) in [5.41, 5.74) is 1.13. The average Bonchev–Trinajstić information content (AvgIpc) is 3.34. The van der Waals surface area contributed by atoms with Crippen LogP contribution < -0.4 is 5.32 Å². The lowest BCUT2D eigenvalue weighted by Gasteiger charge is -2.35. The van der Waals surface area contributed by atoms with E-state index < -0.39 is 0 Å². The molecule has 0 bridgehead atoms. The predicted molar refractivity (Wildman–Crippen MR) is 129 cm³/mol. The van der Waals surface area contributed by atoms with Gasteiger partial charge in [0.05, 0.1) is 25.9 Å². The van der Waals surface area contributed by atoms with Gasteiger partial charge >= 0.3 is 0 Å². The van der Waals surface area contributed by atoms with Crippen LogP contribution in [-0.4, -0.2) is 58.2 Å². The van der Waals surface area contributed by atoms with Crippen LogP contribution in [0.2, 0.25) is 0 Å². The zero-order valence-corrected chi connectivity index (χ0v) is 20.2. The van der Waals surface area contributed by atoms with Crippen LogP contribution >= 0.6 is 35.7 Å². The van der Waals surface area contributed by atoms with Gasteiger partial charge in [-0.15, -0.1) is 35.7 Å². The molecule has 2 aromatic rings. The lowest BCUT2D eigenvalue weighted by molar-refractivity contribution is -0.00804. The molecular weight excluding hydrogens is 497 g/mol. The van der Waals surface area contributed by atoms with Gasteiger partial charge in [-0.25, -0.2) is 0 Å². The fourth-order valence-electron chi connectivity index (χ4n) is 3.46. The lowest BCUT2D eigenvalue weighted by atomic mass is 10.1. The highest BCUT2D eigenvalue weighted by atomic mass is 127. The molecule has 1 N–H and O–H groups in total. The lowest BCUT2D eigenvalue weighted by Crippen LogP contribution is -2.48. The molecule has 158 valence electrons. The SMILES string of the molecule is CCNC(=NCC1(Sc2ccccc2)CC1)N1CCOC(c2cnn(C)c2)C1.I. The van der Waals surface area contributed by atoms with Crippen molar-refractivity contribution in [3.05, 3.63) is 48.3 Å². The monoisotopic (exact) mass is 527 g/mol. The second kappa shape index (κ2) is 10.2. The Labute approximate surface area is 194 Å². The number of aliphatic imine (C=N–C) groups is 1. The quantitative estimate of drug-likeness (QED) is 0.353. The van der Waals surface area contributed by atoms with E-state index in [2.05, 4.69) is 52.6 Å². The van der Waals surface area contributed by atoms with Gasteiger partial charge in [0.15, 0.2) is 5.96 Å². The second-order valence-corrected chi connectivity index (χ2v) is 9.06. The maximum Gasteiger partial charge on any atom is 0.194 e. The number of morpholine rings is 1. The molecule has 4 rings (SSSR count). The summed E-state index contributed by atoms with van der Waals surface area (Å²) < 4.78 is 8.08. The third kappa shape index (κ3) is 5.88. The smallest absolute Gasteiger partial charge is 0.194 e. The van der Waals surface area contributed by atoms with Gasteiger partial charge in [-0.05, 0) is 31.9 Å². The number of nitrogens with one attached hydrogen (secondary N) is 1. The van der Waals surface area contributed by atoms with Gasteiger partial charge in [-0.1, -0.05) is 18.2 Å². The summed E-state index contributed by atoms with van der Waals surface area (Å²) in [6, 6.07) is 10.7. The van der Waals surface area contributed by atoms with Gasteiger partial charge in [0.1, 0.15) is 6.10 Å². The first-order valence-electron chi connectivity index (χ1n) is 10.0. The highest BCUT2D eigenvalue weighted by molar-refractivity contribution is 14.0. The Kier molecular flexibility index (Phi) is 7.86. The first-order valence-corrected chi connectivity index (χ1v) is 10.9. The highest BCUT2D eigenvalue weighted by Crippen LogP contribution is 2.51. The number of nitrogens with zero attached hydrogens (tertiary/aromatic N) is 4. The minimum absolute atomic E-state index is 0. The van der Waals surface area contributed by atoms with Crippen molar-refractivity contribution in [2.75, 3.05) is 32.8 Å². The molecule has 1 saturated heterocycles. The van der Waals surface area contributed by atoms with Gasteiger partial charge in [-0.2, -0.15) is 5.10 Å². The molecule has 0 amide bonds. The zero-order chi connectivity index (χ0) is 19.4. The van der Waals surface area contributed by atoms with Gasteiger partial charge < -0.3 is 15.0 Å². The fraction of sp³-hybridized carbons (Fsp3) is 0.524. The van der Waals surface area contributed by atoms with Gasteiger partial charge in [0, 0.05) is 41.5 Å². The van der Waals surface area contributed by atoms with Crippen LogP contribution in [0.3, 0.4) is 0 Å². The summed E-state index contributed by atoms with van der Waals surface area (Å²) in [5.74, 6) is 1.000. The van der Waals surface area contributed by atoms with E-state index in [9.17, 15) is 0 Å². The summed E-state index contributed by atoms with van der Waals surface area (Å²) in [6.45, 7) is 6.21. The first kappa shape index (κ1) is 22.4. The summed E-state index contributed by atoms with van der Waals surface area (Å²) >= 11 is 1.97. The topological polar surface area (TPSA) is 54.7 Å². The molecule has 1 aromatic heterocycles. The van der Waals surface area contributed by atoms with E-state index in [1.807, 2.05) is 35.9 Å². The average molecular weight is 527 g/mol. The van der Waals surface area contributed by atoms with Crippen LogP contribution in [0.1, 0.15) is 31.4 Å². The minimum Gasteiger partial charge on any atom is -0.370 e. The number of thioether (sulfide) groups is 1. The molecule has 6 nitrogen and oxygen atoms in total. The van der Waals surface area contributed by atoms with Crippen LogP contribution in [0.25, 0.3) is 0 Å². The number of halogens is 1. The van der Waals surface area contributed by atoms with Crippen molar-refractivity contribution in [1.29, 1.82) is 0 Å². The third-order valence-corrected chi connectivity index (χ3v) is 6.68. The summed E-state index contributed by atoms with van der Waals surface area (Å²) in [7, 11) is 1.94. The molecular formula is C21H30IN5OS. The van der Waals surface area contributed by atoms with E-state index in [1.54, 1.807) is 0 Å². The van der Waals surface area contributed by atoms with Crippen molar-refractivity contribution in [2.24, 2.45) is 12.0 Å². The maximum absolute atomic E-state index is 5.99. The van der Waals surface area contributed by atoms with Crippen LogP contribution in [0, 0.1) is 0 Å².